The van der Waals surface area contributed by atoms with Crippen molar-refractivity contribution in [3.63, 3.8) is 0 Å². The molecule has 2 aromatic heterocycles. The lowest BCUT2D eigenvalue weighted by atomic mass is 10.1. The third-order valence-corrected chi connectivity index (χ3v) is 4.52. The lowest BCUT2D eigenvalue weighted by molar-refractivity contribution is 0.282. The molecule has 1 aromatic carbocycles. The van der Waals surface area contributed by atoms with E-state index in [1.54, 1.807) is 11.3 Å². The van der Waals surface area contributed by atoms with Crippen LogP contribution in [0.5, 0.6) is 0 Å². The summed E-state index contributed by atoms with van der Waals surface area (Å²) in [5.74, 6) is 0.868. The van der Waals surface area contributed by atoms with Gasteiger partial charge in [0.05, 0.1) is 12.1 Å². The maximum atomic E-state index is 9.61. The largest absolute Gasteiger partial charge is 0.392 e. The quantitative estimate of drug-likeness (QED) is 0.783. The second-order valence-corrected chi connectivity index (χ2v) is 6.11. The number of fused-ring (bicyclic) bond motifs is 1. The minimum absolute atomic E-state index is 0.0104. The summed E-state index contributed by atoms with van der Waals surface area (Å²) in [4.78, 5) is 8.21. The van der Waals surface area contributed by atoms with Gasteiger partial charge in [-0.15, -0.1) is 11.3 Å². The maximum Gasteiger partial charge on any atom is 0.134 e. The van der Waals surface area contributed by atoms with Crippen LogP contribution in [0.3, 0.4) is 0 Å². The fourth-order valence-corrected chi connectivity index (χ4v) is 3.13. The third kappa shape index (κ3) is 3.06. The van der Waals surface area contributed by atoms with Gasteiger partial charge in [-0.1, -0.05) is 24.3 Å². The molecule has 3 rings (SSSR count). The number of benzene rings is 1. The molecule has 0 fully saturated rings. The minimum Gasteiger partial charge on any atom is -0.392 e. The molecule has 0 aliphatic rings. The van der Waals surface area contributed by atoms with Gasteiger partial charge in [-0.05, 0) is 30.0 Å². The van der Waals surface area contributed by atoms with E-state index in [0.29, 0.717) is 0 Å². The Morgan fingerprint density at radius 1 is 1.19 bits per heavy atom. The van der Waals surface area contributed by atoms with E-state index >= 15 is 0 Å². The Labute approximate surface area is 128 Å². The van der Waals surface area contributed by atoms with Crippen molar-refractivity contribution in [2.75, 3.05) is 18.5 Å². The Balaban J connectivity index is 1.87. The molecule has 0 aliphatic carbocycles. The standard InChI is InChI=1S/C17H18N2OS/c1-19(9-8-15-6-4-10-21-15)17-14(12-20)11-13-5-2-3-7-16(13)18-17/h2-7,10-11,20H,8-9,12H2,1H3. The number of hydrogen-bond acceptors (Lipinski definition) is 4. The molecule has 0 aliphatic heterocycles. The zero-order valence-electron chi connectivity index (χ0n) is 12.0. The fourth-order valence-electron chi connectivity index (χ4n) is 2.44. The highest BCUT2D eigenvalue weighted by molar-refractivity contribution is 7.09. The van der Waals surface area contributed by atoms with Gasteiger partial charge >= 0.3 is 0 Å². The SMILES string of the molecule is CN(CCc1cccs1)c1nc2ccccc2cc1CO. The summed E-state index contributed by atoms with van der Waals surface area (Å²) in [5, 5.41) is 12.8. The number of hydrogen-bond donors (Lipinski definition) is 1. The number of para-hydroxylation sites is 1. The van der Waals surface area contributed by atoms with E-state index in [1.165, 1.54) is 4.88 Å². The first kappa shape index (κ1) is 14.0. The lowest BCUT2D eigenvalue weighted by Crippen LogP contribution is -2.22. The van der Waals surface area contributed by atoms with Gasteiger partial charge in [-0.25, -0.2) is 4.98 Å². The molecule has 0 amide bonds. The highest BCUT2D eigenvalue weighted by Crippen LogP contribution is 2.23. The summed E-state index contributed by atoms with van der Waals surface area (Å²) in [7, 11) is 2.03. The van der Waals surface area contributed by atoms with Crippen molar-refractivity contribution in [1.29, 1.82) is 0 Å². The molecule has 3 nitrogen and oxygen atoms in total. The molecule has 21 heavy (non-hydrogen) atoms. The van der Waals surface area contributed by atoms with Crippen LogP contribution in [0.1, 0.15) is 10.4 Å². The van der Waals surface area contributed by atoms with Crippen molar-refractivity contribution in [3.8, 4) is 0 Å². The molecule has 1 N–H and O–H groups in total. The van der Waals surface area contributed by atoms with Crippen molar-refractivity contribution < 1.29 is 5.11 Å². The second kappa shape index (κ2) is 6.24. The number of aliphatic hydroxyl groups excluding tert-OH is 1. The van der Waals surface area contributed by atoms with Crippen LogP contribution < -0.4 is 4.90 Å². The number of aliphatic hydroxyl groups is 1. The number of nitrogens with zero attached hydrogens (tertiary/aromatic N) is 2. The summed E-state index contributed by atoms with van der Waals surface area (Å²) < 4.78 is 0. The van der Waals surface area contributed by atoms with Crippen LogP contribution in [-0.2, 0) is 13.0 Å². The van der Waals surface area contributed by atoms with Crippen LogP contribution in [0, 0.1) is 0 Å². The number of likely N-dealkylation sites (N-methyl/N-ethyl adjacent to an activating group) is 1. The van der Waals surface area contributed by atoms with E-state index in [2.05, 4.69) is 22.4 Å². The molecular weight excluding hydrogens is 280 g/mol. The number of anilines is 1. The number of pyridine rings is 1. The van der Waals surface area contributed by atoms with Gasteiger partial charge in [-0.2, -0.15) is 0 Å². The van der Waals surface area contributed by atoms with Crippen molar-refractivity contribution >= 4 is 28.1 Å². The third-order valence-electron chi connectivity index (χ3n) is 3.59. The monoisotopic (exact) mass is 298 g/mol. The molecular formula is C17H18N2OS. The van der Waals surface area contributed by atoms with Crippen molar-refractivity contribution in [3.05, 3.63) is 58.3 Å². The van der Waals surface area contributed by atoms with E-state index in [9.17, 15) is 5.11 Å². The highest BCUT2D eigenvalue weighted by atomic mass is 32.1. The van der Waals surface area contributed by atoms with Crippen LogP contribution in [0.15, 0.2) is 47.8 Å². The molecule has 0 atom stereocenters. The van der Waals surface area contributed by atoms with Gasteiger partial charge in [0.15, 0.2) is 0 Å². The molecule has 2 heterocycles. The highest BCUT2D eigenvalue weighted by Gasteiger charge is 2.11. The summed E-state index contributed by atoms with van der Waals surface area (Å²) in [6.45, 7) is 0.898. The average molecular weight is 298 g/mol. The van der Waals surface area contributed by atoms with E-state index in [1.807, 2.05) is 37.4 Å². The summed E-state index contributed by atoms with van der Waals surface area (Å²) in [6, 6.07) is 14.3. The van der Waals surface area contributed by atoms with Crippen molar-refractivity contribution in [2.45, 2.75) is 13.0 Å². The van der Waals surface area contributed by atoms with Gasteiger partial charge in [0.1, 0.15) is 5.82 Å². The van der Waals surface area contributed by atoms with Gasteiger partial charge in [0, 0.05) is 29.4 Å². The van der Waals surface area contributed by atoms with Crippen LogP contribution in [0.2, 0.25) is 0 Å². The summed E-state index contributed by atoms with van der Waals surface area (Å²) >= 11 is 1.78. The second-order valence-electron chi connectivity index (χ2n) is 5.07. The van der Waals surface area contributed by atoms with Crippen molar-refractivity contribution in [1.82, 2.24) is 4.98 Å². The maximum absolute atomic E-state index is 9.61. The van der Waals surface area contributed by atoms with E-state index < -0.39 is 0 Å². The Morgan fingerprint density at radius 2 is 2.05 bits per heavy atom. The number of rotatable bonds is 5. The fraction of sp³-hybridized carbons (Fsp3) is 0.235. The molecule has 108 valence electrons. The van der Waals surface area contributed by atoms with E-state index in [0.717, 1.165) is 35.2 Å². The predicted molar refractivity (Wildman–Crippen MR) is 89.0 cm³/mol. The molecule has 0 bridgehead atoms. The zero-order chi connectivity index (χ0) is 14.7. The molecule has 4 heteroatoms. The Hall–Kier alpha value is -1.91. The van der Waals surface area contributed by atoms with Gasteiger partial charge in [0.25, 0.3) is 0 Å². The number of thiophene rings is 1. The summed E-state index contributed by atoms with van der Waals surface area (Å²) in [6.07, 6.45) is 0.994. The van der Waals surface area contributed by atoms with Crippen LogP contribution in [-0.4, -0.2) is 23.7 Å². The molecule has 0 unspecified atom stereocenters. The first-order valence-electron chi connectivity index (χ1n) is 7.01. The Morgan fingerprint density at radius 3 is 2.81 bits per heavy atom. The van der Waals surface area contributed by atoms with Gasteiger partial charge in [-0.3, -0.25) is 0 Å². The van der Waals surface area contributed by atoms with Crippen LogP contribution in [0.25, 0.3) is 10.9 Å². The lowest BCUT2D eigenvalue weighted by Gasteiger charge is -2.21. The Bertz CT molecular complexity index is 725. The van der Waals surface area contributed by atoms with Gasteiger partial charge in [0.2, 0.25) is 0 Å². The number of aromatic nitrogens is 1. The molecule has 3 aromatic rings. The van der Waals surface area contributed by atoms with E-state index in [4.69, 9.17) is 4.98 Å². The minimum atomic E-state index is 0.0104. The summed E-state index contributed by atoms with van der Waals surface area (Å²) in [5.41, 5.74) is 1.84. The first-order chi connectivity index (χ1) is 10.3. The molecule has 0 saturated carbocycles. The zero-order valence-corrected chi connectivity index (χ0v) is 12.8. The predicted octanol–water partition coefficient (Wildman–Crippen LogP) is 3.47. The molecule has 0 spiro atoms. The molecule has 0 radical (unpaired) electrons. The first-order valence-corrected chi connectivity index (χ1v) is 7.89. The van der Waals surface area contributed by atoms with Gasteiger partial charge < -0.3 is 10.0 Å². The van der Waals surface area contributed by atoms with Crippen LogP contribution >= 0.6 is 11.3 Å². The Kier molecular flexibility index (Phi) is 4.18. The average Bonchev–Trinajstić information content (AvgIpc) is 3.04. The van der Waals surface area contributed by atoms with E-state index in [-0.39, 0.29) is 6.61 Å². The normalized spacial score (nSPS) is 11.0. The molecule has 0 saturated heterocycles. The van der Waals surface area contributed by atoms with Crippen LogP contribution in [0.4, 0.5) is 5.82 Å². The van der Waals surface area contributed by atoms with Crippen molar-refractivity contribution in [2.24, 2.45) is 0 Å². The smallest absolute Gasteiger partial charge is 0.134 e. The topological polar surface area (TPSA) is 36.4 Å².